The number of rotatable bonds is 7. The van der Waals surface area contributed by atoms with Crippen molar-refractivity contribution in [3.63, 3.8) is 0 Å². The van der Waals surface area contributed by atoms with Crippen LogP contribution >= 0.6 is 39.1 Å². The van der Waals surface area contributed by atoms with E-state index >= 15 is 0 Å². The smallest absolute Gasteiger partial charge is 0.231 e. The third kappa shape index (κ3) is 5.07. The van der Waals surface area contributed by atoms with Gasteiger partial charge in [-0.15, -0.1) is 0 Å². The van der Waals surface area contributed by atoms with Crippen molar-refractivity contribution in [1.29, 1.82) is 0 Å². The second-order valence-electron chi connectivity index (χ2n) is 7.26. The molecule has 32 heavy (non-hydrogen) atoms. The van der Waals surface area contributed by atoms with Gasteiger partial charge in [-0.3, -0.25) is 9.89 Å². The van der Waals surface area contributed by atoms with Gasteiger partial charge in [0.1, 0.15) is 0 Å². The number of H-pyrrole nitrogens is 1. The number of amides is 1. The van der Waals surface area contributed by atoms with Crippen LogP contribution in [0.15, 0.2) is 65.1 Å². The molecule has 1 heterocycles. The van der Waals surface area contributed by atoms with Gasteiger partial charge in [0.25, 0.3) is 0 Å². The van der Waals surface area contributed by atoms with Crippen LogP contribution in [0.5, 0.6) is 0 Å². The molecule has 0 radical (unpaired) electrons. The van der Waals surface area contributed by atoms with Crippen LogP contribution in [0, 0.1) is 0 Å². The van der Waals surface area contributed by atoms with Crippen LogP contribution in [0.2, 0.25) is 10.0 Å². The Bertz CT molecular complexity index is 1260. The average Bonchev–Trinajstić information content (AvgIpc) is 3.17. The minimum Gasteiger partial charge on any atom is -0.338 e. The lowest BCUT2D eigenvalue weighted by Gasteiger charge is -2.17. The van der Waals surface area contributed by atoms with E-state index in [0.717, 1.165) is 26.6 Å². The minimum absolute atomic E-state index is 0.167. The molecule has 9 heteroatoms. The Morgan fingerprint density at radius 3 is 2.50 bits per heavy atom. The van der Waals surface area contributed by atoms with Crippen LogP contribution in [0.4, 0.5) is 17.2 Å². The fraction of sp³-hybridized carbons (Fsp3) is 0.130. The quantitative estimate of drug-likeness (QED) is 0.220. The second-order valence-corrected chi connectivity index (χ2v) is 8.99. The summed E-state index contributed by atoms with van der Waals surface area (Å²) in [7, 11) is 0. The number of halogens is 3. The average molecular weight is 533 g/mol. The van der Waals surface area contributed by atoms with Gasteiger partial charge in [0.05, 0.1) is 21.5 Å². The third-order valence-corrected chi connectivity index (χ3v) is 6.32. The summed E-state index contributed by atoms with van der Waals surface area (Å²) in [5.74, 6) is 0.0516. The lowest BCUT2D eigenvalue weighted by Crippen LogP contribution is -2.23. The van der Waals surface area contributed by atoms with Crippen molar-refractivity contribution in [3.8, 4) is 0 Å². The largest absolute Gasteiger partial charge is 0.338 e. The lowest BCUT2D eigenvalue weighted by atomic mass is 9.94. The van der Waals surface area contributed by atoms with Gasteiger partial charge in [-0.2, -0.15) is 5.10 Å². The first-order valence-corrected chi connectivity index (χ1v) is 11.5. The molecule has 0 bridgehead atoms. The van der Waals surface area contributed by atoms with Crippen molar-refractivity contribution in [1.82, 2.24) is 10.2 Å². The van der Waals surface area contributed by atoms with Gasteiger partial charge in [0, 0.05) is 21.2 Å². The van der Waals surface area contributed by atoms with Crippen LogP contribution < -0.4 is 16.4 Å². The number of benzene rings is 3. The monoisotopic (exact) mass is 531 g/mol. The van der Waals surface area contributed by atoms with E-state index in [0.29, 0.717) is 34.5 Å². The molecule has 1 amide bonds. The number of fused-ring (bicyclic) bond motifs is 1. The van der Waals surface area contributed by atoms with Crippen LogP contribution in [0.25, 0.3) is 10.9 Å². The Labute approximate surface area is 203 Å². The van der Waals surface area contributed by atoms with E-state index in [1.807, 2.05) is 42.5 Å². The molecule has 164 valence electrons. The SMILES string of the molecule is NCCC(C(=O)Nc1ccc2[nH]nc(Nc3ccc(Br)cc3)c2c1)c1ccc(Cl)c(Cl)c1. The fourth-order valence-corrected chi connectivity index (χ4v) is 4.00. The number of aromatic amines is 1. The van der Waals surface area contributed by atoms with E-state index in [4.69, 9.17) is 28.9 Å². The summed E-state index contributed by atoms with van der Waals surface area (Å²) in [6.45, 7) is 0.361. The maximum Gasteiger partial charge on any atom is 0.231 e. The van der Waals surface area contributed by atoms with Crippen LogP contribution in [0.1, 0.15) is 17.9 Å². The first-order chi connectivity index (χ1) is 15.4. The number of nitrogens with one attached hydrogen (secondary N) is 3. The predicted molar refractivity (Wildman–Crippen MR) is 135 cm³/mol. The molecule has 1 unspecified atom stereocenters. The Morgan fingerprint density at radius 2 is 1.78 bits per heavy atom. The van der Waals surface area contributed by atoms with E-state index in [1.165, 1.54) is 0 Å². The number of carbonyl (C=O) groups excluding carboxylic acids is 1. The summed E-state index contributed by atoms with van der Waals surface area (Å²) in [6.07, 6.45) is 0.480. The molecule has 6 nitrogen and oxygen atoms in total. The molecule has 3 aromatic carbocycles. The maximum atomic E-state index is 13.1. The van der Waals surface area contributed by atoms with Gasteiger partial charge in [-0.1, -0.05) is 45.2 Å². The number of aromatic nitrogens is 2. The number of hydrogen-bond donors (Lipinski definition) is 4. The third-order valence-electron chi connectivity index (χ3n) is 5.06. The molecule has 1 atom stereocenters. The molecule has 1 aromatic heterocycles. The zero-order valence-corrected chi connectivity index (χ0v) is 19.9. The summed E-state index contributed by atoms with van der Waals surface area (Å²) in [4.78, 5) is 13.1. The predicted octanol–water partition coefficient (Wildman–Crippen LogP) is 6.45. The van der Waals surface area contributed by atoms with Crippen molar-refractivity contribution in [2.45, 2.75) is 12.3 Å². The highest BCUT2D eigenvalue weighted by Crippen LogP contribution is 2.31. The summed E-state index contributed by atoms with van der Waals surface area (Å²) < 4.78 is 0.994. The lowest BCUT2D eigenvalue weighted by molar-refractivity contribution is -0.117. The topological polar surface area (TPSA) is 95.8 Å². The van der Waals surface area contributed by atoms with Crippen molar-refractivity contribution in [2.75, 3.05) is 17.2 Å². The van der Waals surface area contributed by atoms with Gasteiger partial charge < -0.3 is 16.4 Å². The zero-order valence-electron chi connectivity index (χ0n) is 16.8. The molecule has 0 spiro atoms. The molecule has 0 saturated heterocycles. The Morgan fingerprint density at radius 1 is 1.03 bits per heavy atom. The molecule has 4 aromatic rings. The highest BCUT2D eigenvalue weighted by atomic mass is 79.9. The van der Waals surface area contributed by atoms with E-state index < -0.39 is 5.92 Å². The molecule has 5 N–H and O–H groups in total. The van der Waals surface area contributed by atoms with Crippen LogP contribution in [0.3, 0.4) is 0 Å². The van der Waals surface area contributed by atoms with Crippen molar-refractivity contribution in [2.24, 2.45) is 5.73 Å². The number of nitrogens with zero attached hydrogens (tertiary/aromatic N) is 1. The zero-order chi connectivity index (χ0) is 22.7. The van der Waals surface area contributed by atoms with Gasteiger partial charge in [0.15, 0.2) is 5.82 Å². The van der Waals surface area contributed by atoms with Crippen molar-refractivity contribution < 1.29 is 4.79 Å². The standard InChI is InChI=1S/C23H20BrCl2N5O/c24-14-2-4-15(5-3-14)28-22-18-12-16(6-8-21(18)30-31-22)29-23(32)17(9-10-27)13-1-7-19(25)20(26)11-13/h1-8,11-12,17H,9-10,27H2,(H,29,32)(H2,28,30,31). The van der Waals surface area contributed by atoms with Gasteiger partial charge >= 0.3 is 0 Å². The molecule has 0 saturated carbocycles. The molecule has 0 aliphatic rings. The van der Waals surface area contributed by atoms with E-state index in [-0.39, 0.29) is 5.91 Å². The Kier molecular flexibility index (Phi) is 7.01. The fourth-order valence-electron chi connectivity index (χ4n) is 3.43. The Balaban J connectivity index is 1.57. The summed E-state index contributed by atoms with van der Waals surface area (Å²) >= 11 is 15.6. The molecule has 0 aliphatic heterocycles. The molecular weight excluding hydrogens is 513 g/mol. The molecule has 4 rings (SSSR count). The highest BCUT2D eigenvalue weighted by Gasteiger charge is 2.21. The Hall–Kier alpha value is -2.58. The van der Waals surface area contributed by atoms with Crippen molar-refractivity contribution in [3.05, 3.63) is 80.7 Å². The van der Waals surface area contributed by atoms with Gasteiger partial charge in [-0.05, 0) is 73.1 Å². The number of anilines is 3. The molecule has 0 fully saturated rings. The summed E-state index contributed by atoms with van der Waals surface area (Å²) in [5.41, 5.74) is 8.95. The van der Waals surface area contributed by atoms with E-state index in [9.17, 15) is 4.79 Å². The van der Waals surface area contributed by atoms with E-state index in [2.05, 4.69) is 36.8 Å². The van der Waals surface area contributed by atoms with Crippen LogP contribution in [-0.4, -0.2) is 22.6 Å². The highest BCUT2D eigenvalue weighted by molar-refractivity contribution is 9.10. The summed E-state index contributed by atoms with van der Waals surface area (Å²) in [6, 6.07) is 18.6. The number of hydrogen-bond acceptors (Lipinski definition) is 4. The summed E-state index contributed by atoms with van der Waals surface area (Å²) in [5, 5.41) is 15.4. The van der Waals surface area contributed by atoms with Gasteiger partial charge in [-0.25, -0.2) is 0 Å². The first kappa shape index (κ1) is 22.6. The van der Waals surface area contributed by atoms with E-state index in [1.54, 1.807) is 18.2 Å². The van der Waals surface area contributed by atoms with Gasteiger partial charge in [0.2, 0.25) is 5.91 Å². The molecular formula is C23H20BrCl2N5O. The van der Waals surface area contributed by atoms with Crippen LogP contribution in [-0.2, 0) is 4.79 Å². The number of nitrogens with two attached hydrogens (primary N) is 1. The second kappa shape index (κ2) is 9.92. The first-order valence-electron chi connectivity index (χ1n) is 9.91. The maximum absolute atomic E-state index is 13.1. The number of carbonyl (C=O) groups is 1. The normalized spacial score (nSPS) is 12.0. The minimum atomic E-state index is -0.449. The van der Waals surface area contributed by atoms with Crippen molar-refractivity contribution >= 4 is 73.1 Å². The molecule has 0 aliphatic carbocycles.